The van der Waals surface area contributed by atoms with Crippen LogP contribution in [0, 0.1) is 5.92 Å². The molecule has 1 aromatic rings. The van der Waals surface area contributed by atoms with Crippen molar-refractivity contribution in [1.29, 1.82) is 0 Å². The van der Waals surface area contributed by atoms with Gasteiger partial charge in [0.05, 0.1) is 0 Å². The molecule has 17 heavy (non-hydrogen) atoms. The highest BCUT2D eigenvalue weighted by Gasteiger charge is 2.21. The van der Waals surface area contributed by atoms with Gasteiger partial charge in [-0.3, -0.25) is 10.2 Å². The second-order valence-corrected chi connectivity index (χ2v) is 5.66. The summed E-state index contributed by atoms with van der Waals surface area (Å²) in [7, 11) is 0. The Hall–Kier alpha value is -0.910. The number of hydrazine groups is 1. The van der Waals surface area contributed by atoms with E-state index in [2.05, 4.69) is 5.43 Å². The highest BCUT2D eigenvalue weighted by molar-refractivity contribution is 8.00. The molecule has 2 atom stereocenters. The van der Waals surface area contributed by atoms with Crippen molar-refractivity contribution in [3.05, 3.63) is 23.2 Å². The SMILES string of the molecule is CC(Sc1ccc(Cl)cc1N)C(C)C(=O)NN. The number of halogens is 1. The minimum Gasteiger partial charge on any atom is -0.398 e. The molecule has 1 rings (SSSR count). The predicted octanol–water partition coefficient (Wildman–Crippen LogP) is 2.03. The first-order valence-corrected chi connectivity index (χ1v) is 6.43. The van der Waals surface area contributed by atoms with Gasteiger partial charge in [-0.05, 0) is 18.2 Å². The second-order valence-electron chi connectivity index (χ2n) is 3.80. The Bertz CT molecular complexity index is 414. The van der Waals surface area contributed by atoms with Crippen molar-refractivity contribution in [3.63, 3.8) is 0 Å². The third kappa shape index (κ3) is 3.80. The number of nitrogen functional groups attached to an aromatic ring is 1. The number of anilines is 1. The fraction of sp³-hybridized carbons (Fsp3) is 0.364. The van der Waals surface area contributed by atoms with Gasteiger partial charge in [0.25, 0.3) is 0 Å². The van der Waals surface area contributed by atoms with E-state index in [1.165, 1.54) is 11.8 Å². The van der Waals surface area contributed by atoms with Gasteiger partial charge in [0.1, 0.15) is 0 Å². The van der Waals surface area contributed by atoms with Crippen LogP contribution < -0.4 is 17.0 Å². The Balaban J connectivity index is 2.74. The van der Waals surface area contributed by atoms with Gasteiger partial charge in [-0.1, -0.05) is 25.4 Å². The largest absolute Gasteiger partial charge is 0.398 e. The second kappa shape index (κ2) is 6.14. The maximum Gasteiger partial charge on any atom is 0.237 e. The van der Waals surface area contributed by atoms with E-state index in [9.17, 15) is 4.79 Å². The molecule has 1 aromatic carbocycles. The van der Waals surface area contributed by atoms with Crippen LogP contribution in [0.5, 0.6) is 0 Å². The molecule has 94 valence electrons. The van der Waals surface area contributed by atoms with E-state index in [0.29, 0.717) is 10.7 Å². The number of hydrogen-bond donors (Lipinski definition) is 3. The summed E-state index contributed by atoms with van der Waals surface area (Å²) >= 11 is 7.35. The van der Waals surface area contributed by atoms with Gasteiger partial charge in [0, 0.05) is 26.8 Å². The number of benzene rings is 1. The summed E-state index contributed by atoms with van der Waals surface area (Å²) in [5.74, 6) is 4.73. The molecule has 0 aliphatic rings. The number of carbonyl (C=O) groups excluding carboxylic acids is 1. The van der Waals surface area contributed by atoms with Crippen LogP contribution in [0.3, 0.4) is 0 Å². The molecular formula is C11H16ClN3OS. The zero-order valence-electron chi connectivity index (χ0n) is 9.74. The van der Waals surface area contributed by atoms with Crippen molar-refractivity contribution in [2.45, 2.75) is 24.0 Å². The van der Waals surface area contributed by atoms with Crippen molar-refractivity contribution < 1.29 is 4.79 Å². The molecule has 0 fully saturated rings. The Kier molecular flexibility index (Phi) is 5.11. The van der Waals surface area contributed by atoms with E-state index < -0.39 is 0 Å². The molecule has 0 aliphatic carbocycles. The van der Waals surface area contributed by atoms with Crippen LogP contribution >= 0.6 is 23.4 Å². The number of nitrogens with one attached hydrogen (secondary N) is 1. The van der Waals surface area contributed by atoms with Gasteiger partial charge in [-0.25, -0.2) is 5.84 Å². The lowest BCUT2D eigenvalue weighted by Crippen LogP contribution is -2.38. The minimum absolute atomic E-state index is 0.0713. The fourth-order valence-electron chi connectivity index (χ4n) is 1.27. The molecule has 1 amide bonds. The van der Waals surface area contributed by atoms with E-state index in [-0.39, 0.29) is 17.1 Å². The Morgan fingerprint density at radius 3 is 2.65 bits per heavy atom. The molecule has 6 heteroatoms. The number of nitrogens with two attached hydrogens (primary N) is 2. The molecule has 0 aromatic heterocycles. The van der Waals surface area contributed by atoms with Crippen LogP contribution in [0.15, 0.2) is 23.1 Å². The summed E-state index contributed by atoms with van der Waals surface area (Å²) < 4.78 is 0. The molecule has 0 spiro atoms. The first kappa shape index (κ1) is 14.2. The first-order chi connectivity index (χ1) is 7.95. The third-order valence-corrected chi connectivity index (χ3v) is 4.19. The van der Waals surface area contributed by atoms with Crippen molar-refractivity contribution in [3.8, 4) is 0 Å². The van der Waals surface area contributed by atoms with Crippen LogP contribution in [-0.2, 0) is 4.79 Å². The van der Waals surface area contributed by atoms with Gasteiger partial charge in [-0.2, -0.15) is 0 Å². The molecular weight excluding hydrogens is 258 g/mol. The van der Waals surface area contributed by atoms with Crippen LogP contribution in [0.25, 0.3) is 0 Å². The summed E-state index contributed by atoms with van der Waals surface area (Å²) in [5.41, 5.74) is 8.62. The normalized spacial score (nSPS) is 14.1. The van der Waals surface area contributed by atoms with Gasteiger partial charge in [0.2, 0.25) is 5.91 Å². The van der Waals surface area contributed by atoms with Crippen LogP contribution in [0.1, 0.15) is 13.8 Å². The van der Waals surface area contributed by atoms with Gasteiger partial charge >= 0.3 is 0 Å². The van der Waals surface area contributed by atoms with Crippen LogP contribution in [0.2, 0.25) is 5.02 Å². The first-order valence-electron chi connectivity index (χ1n) is 5.18. The van der Waals surface area contributed by atoms with Crippen LogP contribution in [0.4, 0.5) is 5.69 Å². The van der Waals surface area contributed by atoms with Crippen molar-refractivity contribution in [2.75, 3.05) is 5.73 Å². The lowest BCUT2D eigenvalue weighted by Gasteiger charge is -2.18. The smallest absolute Gasteiger partial charge is 0.237 e. The van der Waals surface area contributed by atoms with E-state index in [4.69, 9.17) is 23.2 Å². The summed E-state index contributed by atoms with van der Waals surface area (Å²) in [4.78, 5) is 12.3. The maximum atomic E-state index is 11.4. The summed E-state index contributed by atoms with van der Waals surface area (Å²) in [6.45, 7) is 3.78. The van der Waals surface area contributed by atoms with Crippen molar-refractivity contribution >= 4 is 35.0 Å². The summed E-state index contributed by atoms with van der Waals surface area (Å²) in [6.07, 6.45) is 0. The number of hydrogen-bond acceptors (Lipinski definition) is 4. The maximum absolute atomic E-state index is 11.4. The van der Waals surface area contributed by atoms with Gasteiger partial charge in [0.15, 0.2) is 0 Å². The van der Waals surface area contributed by atoms with Gasteiger partial charge in [-0.15, -0.1) is 11.8 Å². The summed E-state index contributed by atoms with van der Waals surface area (Å²) in [5, 5.41) is 0.675. The average Bonchev–Trinajstić information content (AvgIpc) is 2.30. The summed E-state index contributed by atoms with van der Waals surface area (Å²) in [6, 6.07) is 5.33. The molecule has 0 aliphatic heterocycles. The molecule has 2 unspecified atom stereocenters. The minimum atomic E-state index is -0.194. The molecule has 0 bridgehead atoms. The lowest BCUT2D eigenvalue weighted by molar-refractivity contribution is -0.124. The highest BCUT2D eigenvalue weighted by Crippen LogP contribution is 2.33. The Labute approximate surface area is 110 Å². The Morgan fingerprint density at radius 1 is 1.47 bits per heavy atom. The van der Waals surface area contributed by atoms with E-state index >= 15 is 0 Å². The zero-order chi connectivity index (χ0) is 13.0. The number of thioether (sulfide) groups is 1. The third-order valence-electron chi connectivity index (χ3n) is 2.54. The van der Waals surface area contributed by atoms with E-state index in [1.54, 1.807) is 12.1 Å². The van der Waals surface area contributed by atoms with E-state index in [0.717, 1.165) is 4.90 Å². The topological polar surface area (TPSA) is 81.1 Å². The Morgan fingerprint density at radius 2 is 2.12 bits per heavy atom. The number of amides is 1. The fourth-order valence-corrected chi connectivity index (χ4v) is 2.52. The zero-order valence-corrected chi connectivity index (χ0v) is 11.3. The molecule has 5 N–H and O–H groups in total. The quantitative estimate of drug-likeness (QED) is 0.258. The molecule has 0 saturated heterocycles. The molecule has 0 saturated carbocycles. The molecule has 0 radical (unpaired) electrons. The average molecular weight is 274 g/mol. The van der Waals surface area contributed by atoms with Crippen molar-refractivity contribution in [1.82, 2.24) is 5.43 Å². The molecule has 4 nitrogen and oxygen atoms in total. The monoisotopic (exact) mass is 273 g/mol. The van der Waals surface area contributed by atoms with Gasteiger partial charge < -0.3 is 5.73 Å². The lowest BCUT2D eigenvalue weighted by atomic mass is 10.1. The standard InChI is InChI=1S/C11H16ClN3OS/c1-6(11(16)15-14)7(2)17-10-4-3-8(12)5-9(10)13/h3-7H,13-14H2,1-2H3,(H,15,16). The van der Waals surface area contributed by atoms with Crippen LogP contribution in [-0.4, -0.2) is 11.2 Å². The van der Waals surface area contributed by atoms with Crippen molar-refractivity contribution in [2.24, 2.45) is 11.8 Å². The highest BCUT2D eigenvalue weighted by atomic mass is 35.5. The number of carbonyl (C=O) groups is 1. The van der Waals surface area contributed by atoms with E-state index in [1.807, 2.05) is 19.9 Å². The number of rotatable bonds is 4. The predicted molar refractivity (Wildman–Crippen MR) is 72.7 cm³/mol. The molecule has 0 heterocycles.